The maximum atomic E-state index is 11.9. The van der Waals surface area contributed by atoms with Gasteiger partial charge in [-0.25, -0.2) is 0 Å². The summed E-state index contributed by atoms with van der Waals surface area (Å²) in [5.41, 5.74) is 0.797. The van der Waals surface area contributed by atoms with Crippen molar-refractivity contribution in [3.8, 4) is 5.75 Å². The molecule has 0 bridgehead atoms. The normalized spacial score (nSPS) is 11.9. The van der Waals surface area contributed by atoms with Gasteiger partial charge in [-0.1, -0.05) is 38.4 Å². The summed E-state index contributed by atoms with van der Waals surface area (Å²) >= 11 is 5.97. The zero-order chi connectivity index (χ0) is 11.6. The summed E-state index contributed by atoms with van der Waals surface area (Å²) < 4.78 is 28.1. The molecule has 84 valence electrons. The van der Waals surface area contributed by atoms with E-state index in [1.54, 1.807) is 6.07 Å². The summed E-state index contributed by atoms with van der Waals surface area (Å²) in [7, 11) is 0. The van der Waals surface area contributed by atoms with Crippen LogP contribution in [0.2, 0.25) is 5.02 Å². The van der Waals surface area contributed by atoms with Gasteiger partial charge in [-0.15, -0.1) is 0 Å². The highest BCUT2D eigenvalue weighted by atomic mass is 35.5. The topological polar surface area (TPSA) is 9.23 Å². The fourth-order valence-electron chi connectivity index (χ4n) is 1.28. The molecule has 0 aliphatic rings. The van der Waals surface area contributed by atoms with Gasteiger partial charge in [0.05, 0.1) is 0 Å². The Hall–Kier alpha value is -0.830. The summed E-state index contributed by atoms with van der Waals surface area (Å²) in [6.07, 6.45) is 0. The van der Waals surface area contributed by atoms with Gasteiger partial charge in [0.2, 0.25) is 0 Å². The third-order valence-electron chi connectivity index (χ3n) is 1.97. The van der Waals surface area contributed by atoms with Crippen molar-refractivity contribution < 1.29 is 13.5 Å². The minimum absolute atomic E-state index is 0.0861. The van der Waals surface area contributed by atoms with Crippen molar-refractivity contribution >= 4 is 11.6 Å². The number of alkyl halides is 2. The lowest BCUT2D eigenvalue weighted by molar-refractivity contribution is -0.0498. The molecule has 0 N–H and O–H groups in total. The van der Waals surface area contributed by atoms with Crippen molar-refractivity contribution in [2.45, 2.75) is 32.8 Å². The third-order valence-corrected chi connectivity index (χ3v) is 2.29. The summed E-state index contributed by atoms with van der Waals surface area (Å²) in [6.45, 7) is 3.19. The molecule has 1 aromatic rings. The third kappa shape index (κ3) is 3.34. The molecule has 0 aliphatic heterocycles. The van der Waals surface area contributed by atoms with Gasteiger partial charge in [0, 0.05) is 5.02 Å². The van der Waals surface area contributed by atoms with Crippen molar-refractivity contribution in [1.82, 2.24) is 0 Å². The Bertz CT molecular complexity index is 345. The zero-order valence-electron chi connectivity index (χ0n) is 8.85. The van der Waals surface area contributed by atoms with Crippen LogP contribution in [0.1, 0.15) is 26.3 Å². The minimum Gasteiger partial charge on any atom is -0.435 e. The maximum Gasteiger partial charge on any atom is 0.387 e. The molecule has 0 atom stereocenters. The lowest BCUT2D eigenvalue weighted by atomic mass is 9.87. The maximum absolute atomic E-state index is 11.9. The molecule has 1 rings (SSSR count). The van der Waals surface area contributed by atoms with Gasteiger partial charge in [-0.2, -0.15) is 8.78 Å². The molecule has 1 aromatic carbocycles. The first-order valence-corrected chi connectivity index (χ1v) is 4.93. The Morgan fingerprint density at radius 1 is 1.27 bits per heavy atom. The van der Waals surface area contributed by atoms with Crippen molar-refractivity contribution in [2.75, 3.05) is 0 Å². The molecule has 0 amide bonds. The van der Waals surface area contributed by atoms with Gasteiger partial charge >= 0.3 is 6.61 Å². The monoisotopic (exact) mass is 234 g/mol. The van der Waals surface area contributed by atoms with E-state index in [9.17, 15) is 8.78 Å². The standard InChI is InChI=1S/C11H13ClF2O/c1-11(2,3)8-5-4-7(6-9(8)12)15-10(13)14/h4-6,10H,1-3H3. The lowest BCUT2D eigenvalue weighted by Gasteiger charge is -2.20. The Labute approximate surface area is 93.0 Å². The summed E-state index contributed by atoms with van der Waals surface area (Å²) in [5.74, 6) is 0.0861. The molecule has 0 saturated heterocycles. The number of rotatable bonds is 2. The van der Waals surface area contributed by atoms with Gasteiger partial charge in [-0.05, 0) is 23.1 Å². The van der Waals surface area contributed by atoms with Gasteiger partial charge in [-0.3, -0.25) is 0 Å². The van der Waals surface area contributed by atoms with E-state index >= 15 is 0 Å². The number of ether oxygens (including phenoxy) is 1. The summed E-state index contributed by atoms with van der Waals surface area (Å²) in [5, 5.41) is 0.445. The highest BCUT2D eigenvalue weighted by molar-refractivity contribution is 6.31. The molecule has 15 heavy (non-hydrogen) atoms. The fraction of sp³-hybridized carbons (Fsp3) is 0.455. The van der Waals surface area contributed by atoms with Crippen LogP contribution in [-0.4, -0.2) is 6.61 Å². The molecule has 0 saturated carbocycles. The van der Waals surface area contributed by atoms with Crippen molar-refractivity contribution in [2.24, 2.45) is 0 Å². The SMILES string of the molecule is CC(C)(C)c1ccc(OC(F)F)cc1Cl. The van der Waals surface area contributed by atoms with E-state index in [4.69, 9.17) is 11.6 Å². The highest BCUT2D eigenvalue weighted by Gasteiger charge is 2.18. The minimum atomic E-state index is -2.82. The van der Waals surface area contributed by atoms with E-state index in [1.165, 1.54) is 12.1 Å². The Morgan fingerprint density at radius 3 is 2.27 bits per heavy atom. The van der Waals surface area contributed by atoms with Gasteiger partial charge < -0.3 is 4.74 Å². The number of benzene rings is 1. The molecule has 0 fully saturated rings. The smallest absolute Gasteiger partial charge is 0.387 e. The molecular weight excluding hydrogens is 222 g/mol. The molecule has 0 aromatic heterocycles. The van der Waals surface area contributed by atoms with Crippen LogP contribution < -0.4 is 4.74 Å². The Kier molecular flexibility index (Phi) is 3.55. The highest BCUT2D eigenvalue weighted by Crippen LogP contribution is 2.32. The van der Waals surface area contributed by atoms with E-state index in [0.29, 0.717) is 5.02 Å². The average Bonchev–Trinajstić information content (AvgIpc) is 1.99. The van der Waals surface area contributed by atoms with Crippen molar-refractivity contribution in [3.05, 3.63) is 28.8 Å². The molecule has 0 spiro atoms. The first kappa shape index (κ1) is 12.2. The Morgan fingerprint density at radius 2 is 1.87 bits per heavy atom. The largest absolute Gasteiger partial charge is 0.435 e. The lowest BCUT2D eigenvalue weighted by Crippen LogP contribution is -2.12. The second kappa shape index (κ2) is 4.35. The molecule has 4 heteroatoms. The molecule has 0 aliphatic carbocycles. The van der Waals surface area contributed by atoms with Gasteiger partial charge in [0.25, 0.3) is 0 Å². The van der Waals surface area contributed by atoms with Crippen molar-refractivity contribution in [1.29, 1.82) is 0 Å². The number of halogens is 3. The number of hydrogen-bond acceptors (Lipinski definition) is 1. The Balaban J connectivity index is 2.99. The van der Waals surface area contributed by atoms with Crippen LogP contribution in [0, 0.1) is 0 Å². The van der Waals surface area contributed by atoms with Crippen LogP contribution in [0.3, 0.4) is 0 Å². The number of hydrogen-bond donors (Lipinski definition) is 0. The first-order chi connectivity index (χ1) is 6.80. The molecule has 0 radical (unpaired) electrons. The fourth-order valence-corrected chi connectivity index (χ4v) is 1.73. The molecule has 1 nitrogen and oxygen atoms in total. The molecular formula is C11H13ClF2O. The first-order valence-electron chi connectivity index (χ1n) is 4.55. The summed E-state index contributed by atoms with van der Waals surface area (Å²) in [4.78, 5) is 0. The van der Waals surface area contributed by atoms with Crippen LogP contribution in [0.15, 0.2) is 18.2 Å². The van der Waals surface area contributed by atoms with Crippen LogP contribution in [-0.2, 0) is 5.41 Å². The average molecular weight is 235 g/mol. The van der Waals surface area contributed by atoms with Crippen LogP contribution in [0.25, 0.3) is 0 Å². The van der Waals surface area contributed by atoms with Gasteiger partial charge in [0.15, 0.2) is 0 Å². The van der Waals surface area contributed by atoms with Crippen LogP contribution in [0.4, 0.5) is 8.78 Å². The second-order valence-electron chi connectivity index (χ2n) is 4.27. The van der Waals surface area contributed by atoms with Crippen LogP contribution in [0.5, 0.6) is 5.75 Å². The quantitative estimate of drug-likeness (QED) is 0.744. The van der Waals surface area contributed by atoms with Crippen LogP contribution >= 0.6 is 11.6 Å². The predicted molar refractivity (Wildman–Crippen MR) is 56.8 cm³/mol. The van der Waals surface area contributed by atoms with E-state index in [1.807, 2.05) is 20.8 Å². The van der Waals surface area contributed by atoms with Gasteiger partial charge in [0.1, 0.15) is 5.75 Å². The predicted octanol–water partition coefficient (Wildman–Crippen LogP) is 4.24. The zero-order valence-corrected chi connectivity index (χ0v) is 9.61. The van der Waals surface area contributed by atoms with E-state index in [-0.39, 0.29) is 11.2 Å². The van der Waals surface area contributed by atoms with E-state index < -0.39 is 6.61 Å². The van der Waals surface area contributed by atoms with Crippen molar-refractivity contribution in [3.63, 3.8) is 0 Å². The second-order valence-corrected chi connectivity index (χ2v) is 4.68. The van der Waals surface area contributed by atoms with E-state index in [2.05, 4.69) is 4.74 Å². The van der Waals surface area contributed by atoms with E-state index in [0.717, 1.165) is 5.56 Å². The summed E-state index contributed by atoms with van der Waals surface area (Å²) in [6, 6.07) is 4.62. The molecule has 0 heterocycles. The molecule has 0 unspecified atom stereocenters.